The average molecular weight is 921 g/mol. The average Bonchev–Trinajstić information content (AvgIpc) is 3.83. The number of rotatable bonds is 27. The summed E-state index contributed by atoms with van der Waals surface area (Å²) in [6.45, 7) is 2.49. The van der Waals surface area contributed by atoms with Crippen LogP contribution in [0.1, 0.15) is 98.7 Å². The summed E-state index contributed by atoms with van der Waals surface area (Å²) in [4.78, 5) is 78.8. The van der Waals surface area contributed by atoms with Crippen molar-refractivity contribution >= 4 is 41.2 Å². The predicted octanol–water partition coefficient (Wildman–Crippen LogP) is 6.81. The molecular weight excluding hydrogens is 858 g/mol. The minimum absolute atomic E-state index is 0.00687. The molecule has 5 rings (SSSR count). The number of aliphatic carboxylic acids is 1. The second kappa shape index (κ2) is 26.5. The summed E-state index contributed by atoms with van der Waals surface area (Å²) in [7, 11) is 0. The maximum atomic E-state index is 15.3. The minimum atomic E-state index is -1.38. The molecule has 0 bridgehead atoms. The van der Waals surface area contributed by atoms with E-state index >= 15 is 9.59 Å². The Morgan fingerprint density at radius 3 is 2.00 bits per heavy atom. The number of carboxylic acid groups (broad SMARTS) is 1. The molecule has 8 N–H and O–H groups in total. The van der Waals surface area contributed by atoms with Crippen molar-refractivity contribution in [2.45, 2.75) is 114 Å². The summed E-state index contributed by atoms with van der Waals surface area (Å²) in [6.07, 6.45) is 9.61. The highest BCUT2D eigenvalue weighted by Crippen LogP contribution is 2.34. The van der Waals surface area contributed by atoms with Gasteiger partial charge in [0.15, 0.2) is 0 Å². The number of halogens is 1. The Balaban J connectivity index is 1.52. The van der Waals surface area contributed by atoms with Gasteiger partial charge in [0.05, 0.1) is 24.1 Å². The molecule has 0 aliphatic carbocycles. The number of benzene rings is 4. The maximum absolute atomic E-state index is 15.3. The van der Waals surface area contributed by atoms with Crippen LogP contribution in [-0.4, -0.2) is 85.4 Å². The Morgan fingerprint density at radius 2 is 1.35 bits per heavy atom. The highest BCUT2D eigenvalue weighted by atomic mass is 35.5. The summed E-state index contributed by atoms with van der Waals surface area (Å²) >= 11 is 6.39. The van der Waals surface area contributed by atoms with Gasteiger partial charge < -0.3 is 41.8 Å². The van der Waals surface area contributed by atoms with E-state index in [1.807, 2.05) is 36.4 Å². The van der Waals surface area contributed by atoms with Gasteiger partial charge in [-0.1, -0.05) is 129 Å². The molecule has 66 heavy (non-hydrogen) atoms. The number of nitrogens with zero attached hydrogens (tertiary/aromatic N) is 2. The molecule has 0 radical (unpaired) electrons. The fourth-order valence-electron chi connectivity index (χ4n) is 7.89. The van der Waals surface area contributed by atoms with Crippen molar-refractivity contribution in [1.29, 1.82) is 0 Å². The molecule has 0 fully saturated rings. The lowest BCUT2D eigenvalue weighted by Gasteiger charge is -2.40. The van der Waals surface area contributed by atoms with Crippen molar-refractivity contribution in [3.63, 3.8) is 0 Å². The fourth-order valence-corrected chi connectivity index (χ4v) is 8.02. The van der Waals surface area contributed by atoms with E-state index in [-0.39, 0.29) is 37.3 Å². The molecule has 350 valence electrons. The number of hydrogen-bond donors (Lipinski definition) is 7. The van der Waals surface area contributed by atoms with Crippen LogP contribution in [0.25, 0.3) is 0 Å². The summed E-state index contributed by atoms with van der Waals surface area (Å²) in [5.41, 5.74) is 9.89. The van der Waals surface area contributed by atoms with Crippen LogP contribution in [0, 0.1) is 0 Å². The Labute approximate surface area is 391 Å². The molecule has 1 aromatic heterocycles. The van der Waals surface area contributed by atoms with E-state index in [0.29, 0.717) is 58.8 Å². The fraction of sp³-hybridized carbons (Fsp3) is 0.373. The molecular formula is C51H62ClN7O7. The third kappa shape index (κ3) is 15.9. The number of H-pyrrole nitrogens is 1. The van der Waals surface area contributed by atoms with E-state index in [0.717, 1.165) is 32.1 Å². The summed E-state index contributed by atoms with van der Waals surface area (Å²) < 4.78 is 0. The van der Waals surface area contributed by atoms with E-state index in [2.05, 4.69) is 32.8 Å². The largest absolute Gasteiger partial charge is 0.508 e. The van der Waals surface area contributed by atoms with Gasteiger partial charge in [0.25, 0.3) is 0 Å². The number of carbonyl (C=O) groups is 5. The number of aromatic hydroxyl groups is 1. The van der Waals surface area contributed by atoms with Crippen LogP contribution in [0.5, 0.6) is 5.75 Å². The Morgan fingerprint density at radius 1 is 0.727 bits per heavy atom. The van der Waals surface area contributed by atoms with E-state index < -0.39 is 53.9 Å². The molecule has 5 aromatic rings. The molecule has 0 spiro atoms. The number of carboxylic acids is 1. The van der Waals surface area contributed by atoms with Gasteiger partial charge >= 0.3 is 5.97 Å². The van der Waals surface area contributed by atoms with E-state index in [1.54, 1.807) is 66.9 Å². The van der Waals surface area contributed by atoms with Crippen molar-refractivity contribution in [2.24, 2.45) is 5.73 Å². The number of phenolic OH excluding ortho intramolecular Hbond substituents is 1. The Bertz CT molecular complexity index is 2260. The van der Waals surface area contributed by atoms with Crippen LogP contribution in [0.3, 0.4) is 0 Å². The quantitative estimate of drug-likeness (QED) is 0.0275. The standard InChI is InChI=1S/C51H62ClN7O7/c1-2-3-4-5-12-20-46(61)55-29-14-13-19-45(49(63)57-43(30-35-15-8-6-9-16-35)48(62)58-44(51(65)66)31-36-21-27-41(60)28-22-36)59(50(64)42(53)32-40-33-54-34-56-40)47(37-17-10-7-11-18-37)38-23-25-39(52)26-24-38/h6-11,15-18,21-28,33-34,42-45,47,60H,2-5,12-14,19-20,29-32,53H2,1H3,(H,54,56)(H,55,61)(H,57,63)(H,58,62)(H,65,66)/t42-,43-,44-,45-,47+/m0/s1. The number of hydrogen-bond acceptors (Lipinski definition) is 8. The van der Waals surface area contributed by atoms with Crippen molar-refractivity contribution in [2.75, 3.05) is 6.54 Å². The molecule has 0 saturated heterocycles. The van der Waals surface area contributed by atoms with Crippen LogP contribution < -0.4 is 21.7 Å². The van der Waals surface area contributed by atoms with E-state index in [1.165, 1.54) is 23.4 Å². The zero-order valence-corrected chi connectivity index (χ0v) is 38.2. The number of phenols is 1. The second-order valence-corrected chi connectivity index (χ2v) is 17.0. The Kier molecular flexibility index (Phi) is 20.2. The smallest absolute Gasteiger partial charge is 0.326 e. The monoisotopic (exact) mass is 919 g/mol. The number of amides is 4. The molecule has 4 aromatic carbocycles. The van der Waals surface area contributed by atoms with Crippen molar-refractivity contribution in [3.05, 3.63) is 155 Å². The van der Waals surface area contributed by atoms with Crippen LogP contribution in [-0.2, 0) is 43.2 Å². The first-order chi connectivity index (χ1) is 31.9. The Hall–Kier alpha value is -6.51. The van der Waals surface area contributed by atoms with Crippen molar-refractivity contribution in [1.82, 2.24) is 30.8 Å². The van der Waals surface area contributed by atoms with Crippen molar-refractivity contribution < 1.29 is 34.2 Å². The van der Waals surface area contributed by atoms with Gasteiger partial charge in [-0.05, 0) is 72.2 Å². The van der Waals surface area contributed by atoms with Crippen LogP contribution in [0.2, 0.25) is 5.02 Å². The lowest BCUT2D eigenvalue weighted by molar-refractivity contribution is -0.145. The molecule has 4 amide bonds. The first-order valence-corrected chi connectivity index (χ1v) is 23.1. The third-order valence-electron chi connectivity index (χ3n) is 11.4. The number of unbranched alkanes of at least 4 members (excludes halogenated alkanes) is 5. The maximum Gasteiger partial charge on any atom is 0.326 e. The first-order valence-electron chi connectivity index (χ1n) is 22.7. The van der Waals surface area contributed by atoms with Gasteiger partial charge in [-0.3, -0.25) is 19.2 Å². The molecule has 5 atom stereocenters. The zero-order chi connectivity index (χ0) is 47.3. The number of nitrogens with one attached hydrogen (secondary N) is 4. The summed E-state index contributed by atoms with van der Waals surface area (Å²) in [5.74, 6) is -3.30. The van der Waals surface area contributed by atoms with Gasteiger partial charge in [-0.25, -0.2) is 9.78 Å². The SMILES string of the molecule is CCCCCCCC(=O)NCCCC[C@@H](C(=O)N[C@@H](Cc1ccccc1)C(=O)N[C@@H](Cc1ccc(O)cc1)C(=O)O)N(C(=O)[C@@H](N)Cc1c[nH]cn1)[C@H](c1ccccc1)c1ccc(Cl)cc1. The molecule has 14 nitrogen and oxygen atoms in total. The highest BCUT2D eigenvalue weighted by Gasteiger charge is 2.40. The molecule has 0 aliphatic rings. The predicted molar refractivity (Wildman–Crippen MR) is 254 cm³/mol. The lowest BCUT2D eigenvalue weighted by Crippen LogP contribution is -2.59. The van der Waals surface area contributed by atoms with Gasteiger partial charge in [0, 0.05) is 43.4 Å². The van der Waals surface area contributed by atoms with Crippen molar-refractivity contribution in [3.8, 4) is 5.75 Å². The third-order valence-corrected chi connectivity index (χ3v) is 11.7. The number of aromatic nitrogens is 2. The normalized spacial score (nSPS) is 13.4. The molecule has 0 unspecified atom stereocenters. The van der Waals surface area contributed by atoms with Gasteiger partial charge in [-0.2, -0.15) is 0 Å². The molecule has 0 aliphatic heterocycles. The van der Waals surface area contributed by atoms with Gasteiger partial charge in [0.1, 0.15) is 23.9 Å². The number of nitrogens with two attached hydrogens (primary N) is 1. The summed E-state index contributed by atoms with van der Waals surface area (Å²) in [6, 6.07) is 25.3. The lowest BCUT2D eigenvalue weighted by atomic mass is 9.92. The van der Waals surface area contributed by atoms with E-state index in [4.69, 9.17) is 17.3 Å². The minimum Gasteiger partial charge on any atom is -0.508 e. The van der Waals surface area contributed by atoms with Gasteiger partial charge in [0.2, 0.25) is 23.6 Å². The van der Waals surface area contributed by atoms with Gasteiger partial charge in [-0.15, -0.1) is 0 Å². The zero-order valence-electron chi connectivity index (χ0n) is 37.4. The van der Waals surface area contributed by atoms with E-state index in [9.17, 15) is 24.6 Å². The van der Waals surface area contributed by atoms with Crippen LogP contribution >= 0.6 is 11.6 Å². The molecule has 1 heterocycles. The first kappa shape index (κ1) is 50.5. The topological polar surface area (TPSA) is 220 Å². The molecule has 0 saturated carbocycles. The van der Waals surface area contributed by atoms with Crippen LogP contribution in [0.4, 0.5) is 0 Å². The summed E-state index contributed by atoms with van der Waals surface area (Å²) in [5, 5.41) is 29.1. The highest BCUT2D eigenvalue weighted by molar-refractivity contribution is 6.30. The van der Waals surface area contributed by atoms with Crippen LogP contribution in [0.15, 0.2) is 122 Å². The second-order valence-electron chi connectivity index (χ2n) is 16.5. The number of imidazole rings is 1. The number of aromatic amines is 1. The number of carbonyl (C=O) groups excluding carboxylic acids is 4. The molecule has 15 heteroatoms.